The molecule has 1 N–H and O–H groups in total. The number of rotatable bonds is 6. The van der Waals surface area contributed by atoms with E-state index < -0.39 is 6.03 Å². The minimum Gasteiger partial charge on any atom is -0.486 e. The number of fused-ring (bicyclic) bond motifs is 1. The van der Waals surface area contributed by atoms with E-state index >= 15 is 0 Å². The third-order valence-corrected chi connectivity index (χ3v) is 5.52. The lowest BCUT2D eigenvalue weighted by Crippen LogP contribution is -2.40. The molecule has 0 aliphatic carbocycles. The summed E-state index contributed by atoms with van der Waals surface area (Å²) in [6.07, 6.45) is 4.26. The molecule has 1 atom stereocenters. The summed E-state index contributed by atoms with van der Waals surface area (Å²) in [5.41, 5.74) is 2.38. The van der Waals surface area contributed by atoms with Crippen molar-refractivity contribution in [2.45, 2.75) is 31.9 Å². The van der Waals surface area contributed by atoms with Crippen LogP contribution in [-0.2, 0) is 17.7 Å². The Morgan fingerprint density at radius 1 is 1.45 bits per heavy atom. The fraction of sp³-hybridized carbons (Fsp3) is 0.435. The fourth-order valence-corrected chi connectivity index (χ4v) is 3.97. The number of carbonyl (C=O) groups excluding carboxylic acids is 2. The second kappa shape index (κ2) is 9.94. The average molecular weight is 450 g/mol. The lowest BCUT2D eigenvalue weighted by molar-refractivity contribution is 0.111. The number of anilines is 2. The van der Waals surface area contributed by atoms with Crippen molar-refractivity contribution < 1.29 is 19.1 Å². The van der Waals surface area contributed by atoms with Gasteiger partial charge in [0.1, 0.15) is 40.8 Å². The standard InChI is InChI=1S/C23H26N6O4/c1-28(2)12-16-8-15-4-3-6-29(22(15)26-19(16)13-30)23(31)27-21-9-20(17(10-24)11-25-21)33-18-5-7-32-14-18/h8-9,11,13,18H,3-7,12,14H2,1-2H3,(H,25,27,31)/t18-/m0/s1. The molecule has 172 valence electrons. The highest BCUT2D eigenvalue weighted by atomic mass is 16.5. The highest BCUT2D eigenvalue weighted by Gasteiger charge is 2.27. The molecular formula is C23H26N6O4. The van der Waals surface area contributed by atoms with Gasteiger partial charge in [0, 0.05) is 25.6 Å². The first kappa shape index (κ1) is 22.6. The number of urea groups is 1. The molecule has 0 radical (unpaired) electrons. The van der Waals surface area contributed by atoms with Gasteiger partial charge in [-0.15, -0.1) is 0 Å². The number of pyridine rings is 2. The molecule has 2 aromatic heterocycles. The second-order valence-electron chi connectivity index (χ2n) is 8.34. The maximum absolute atomic E-state index is 13.1. The molecular weight excluding hydrogens is 424 g/mol. The minimum absolute atomic E-state index is 0.139. The number of aromatic nitrogens is 2. The zero-order valence-electron chi connectivity index (χ0n) is 18.7. The molecule has 2 aliphatic heterocycles. The van der Waals surface area contributed by atoms with E-state index in [-0.39, 0.29) is 17.5 Å². The van der Waals surface area contributed by atoms with Gasteiger partial charge in [-0.2, -0.15) is 5.26 Å². The summed E-state index contributed by atoms with van der Waals surface area (Å²) in [4.78, 5) is 36.9. The number of nitriles is 1. The summed E-state index contributed by atoms with van der Waals surface area (Å²) in [6.45, 7) is 2.13. The van der Waals surface area contributed by atoms with Crippen LogP contribution in [0.25, 0.3) is 0 Å². The molecule has 2 aliphatic rings. The molecule has 1 saturated heterocycles. The minimum atomic E-state index is -0.409. The smallest absolute Gasteiger partial charge is 0.328 e. The van der Waals surface area contributed by atoms with Crippen molar-refractivity contribution >= 4 is 24.0 Å². The van der Waals surface area contributed by atoms with Gasteiger partial charge in [0.15, 0.2) is 6.29 Å². The fourth-order valence-electron chi connectivity index (χ4n) is 3.97. The number of ether oxygens (including phenoxy) is 2. The number of aldehydes is 1. The maximum Gasteiger partial charge on any atom is 0.328 e. The van der Waals surface area contributed by atoms with Crippen molar-refractivity contribution in [1.82, 2.24) is 14.9 Å². The Labute approximate surface area is 192 Å². The summed E-state index contributed by atoms with van der Waals surface area (Å²) < 4.78 is 11.2. The summed E-state index contributed by atoms with van der Waals surface area (Å²) in [6, 6.07) is 5.16. The van der Waals surface area contributed by atoms with Gasteiger partial charge in [0.05, 0.1) is 19.4 Å². The Kier molecular flexibility index (Phi) is 6.82. The van der Waals surface area contributed by atoms with E-state index in [2.05, 4.69) is 21.4 Å². The van der Waals surface area contributed by atoms with E-state index in [1.54, 1.807) is 6.07 Å². The first-order chi connectivity index (χ1) is 16.0. The van der Waals surface area contributed by atoms with E-state index in [9.17, 15) is 14.9 Å². The Morgan fingerprint density at radius 2 is 2.30 bits per heavy atom. The predicted molar refractivity (Wildman–Crippen MR) is 121 cm³/mol. The monoisotopic (exact) mass is 450 g/mol. The van der Waals surface area contributed by atoms with Gasteiger partial charge in [-0.25, -0.2) is 14.8 Å². The average Bonchev–Trinajstić information content (AvgIpc) is 3.31. The number of carbonyl (C=O) groups is 2. The van der Waals surface area contributed by atoms with Gasteiger partial charge in [-0.05, 0) is 44.1 Å². The van der Waals surface area contributed by atoms with Crippen LogP contribution >= 0.6 is 0 Å². The van der Waals surface area contributed by atoms with Crippen molar-refractivity contribution in [3.63, 3.8) is 0 Å². The van der Waals surface area contributed by atoms with E-state index in [1.807, 2.05) is 25.1 Å². The Hall–Kier alpha value is -3.55. The number of nitrogens with zero attached hydrogens (tertiary/aromatic N) is 5. The van der Waals surface area contributed by atoms with Gasteiger partial charge in [0.2, 0.25) is 0 Å². The first-order valence-electron chi connectivity index (χ1n) is 10.8. The third-order valence-electron chi connectivity index (χ3n) is 5.52. The molecule has 4 heterocycles. The highest BCUT2D eigenvalue weighted by Crippen LogP contribution is 2.29. The number of nitrogens with one attached hydrogen (secondary N) is 1. The zero-order valence-corrected chi connectivity index (χ0v) is 18.7. The Morgan fingerprint density at radius 3 is 3.00 bits per heavy atom. The van der Waals surface area contributed by atoms with Crippen molar-refractivity contribution in [1.29, 1.82) is 5.26 Å². The van der Waals surface area contributed by atoms with Crippen LogP contribution in [0.1, 0.15) is 40.0 Å². The quantitative estimate of drug-likeness (QED) is 0.666. The van der Waals surface area contributed by atoms with Crippen LogP contribution in [0, 0.1) is 11.3 Å². The van der Waals surface area contributed by atoms with E-state index in [0.717, 1.165) is 36.7 Å². The molecule has 0 spiro atoms. The van der Waals surface area contributed by atoms with Crippen molar-refractivity contribution in [2.24, 2.45) is 0 Å². The topological polar surface area (TPSA) is 121 Å². The lowest BCUT2D eigenvalue weighted by Gasteiger charge is -2.29. The van der Waals surface area contributed by atoms with Gasteiger partial charge in [0.25, 0.3) is 0 Å². The Balaban J connectivity index is 1.56. The molecule has 2 amide bonds. The van der Waals surface area contributed by atoms with Gasteiger partial charge >= 0.3 is 6.03 Å². The highest BCUT2D eigenvalue weighted by molar-refractivity contribution is 6.01. The molecule has 4 rings (SSSR count). The second-order valence-corrected chi connectivity index (χ2v) is 8.34. The van der Waals surface area contributed by atoms with Crippen LogP contribution in [0.2, 0.25) is 0 Å². The number of aryl methyl sites for hydroxylation is 1. The van der Waals surface area contributed by atoms with E-state index in [4.69, 9.17) is 9.47 Å². The molecule has 0 bridgehead atoms. The van der Waals surface area contributed by atoms with Crippen molar-refractivity contribution in [3.8, 4) is 11.8 Å². The summed E-state index contributed by atoms with van der Waals surface area (Å²) in [5, 5.41) is 12.1. The molecule has 10 heteroatoms. The maximum atomic E-state index is 13.1. The lowest BCUT2D eigenvalue weighted by atomic mass is 10.0. The molecule has 1 fully saturated rings. The molecule has 0 unspecified atom stereocenters. The van der Waals surface area contributed by atoms with Crippen molar-refractivity contribution in [2.75, 3.05) is 44.1 Å². The Bertz CT molecular complexity index is 1090. The molecule has 0 saturated carbocycles. The molecule has 10 nitrogen and oxygen atoms in total. The van der Waals surface area contributed by atoms with Gasteiger partial charge in [-0.3, -0.25) is 15.0 Å². The summed E-state index contributed by atoms with van der Waals surface area (Å²) >= 11 is 0. The SMILES string of the molecule is CN(C)Cc1cc2c(nc1C=O)N(C(=O)Nc1cc(O[C@H]3CCOC3)c(C#N)cn1)CCC2. The van der Waals surface area contributed by atoms with Crippen LogP contribution in [0.3, 0.4) is 0 Å². The molecule has 0 aromatic carbocycles. The van der Waals surface area contributed by atoms with Crippen LogP contribution in [0.5, 0.6) is 5.75 Å². The predicted octanol–water partition coefficient (Wildman–Crippen LogP) is 2.37. The molecule has 2 aromatic rings. The number of hydrogen-bond donors (Lipinski definition) is 1. The zero-order chi connectivity index (χ0) is 23.4. The van der Waals surface area contributed by atoms with E-state index in [0.29, 0.717) is 43.6 Å². The van der Waals surface area contributed by atoms with Crippen LogP contribution in [0.15, 0.2) is 18.3 Å². The normalized spacial score (nSPS) is 17.4. The van der Waals surface area contributed by atoms with Gasteiger partial charge in [-0.1, -0.05) is 0 Å². The van der Waals surface area contributed by atoms with Crippen LogP contribution < -0.4 is 15.0 Å². The molecule has 33 heavy (non-hydrogen) atoms. The number of amides is 2. The van der Waals surface area contributed by atoms with Crippen LogP contribution in [-0.4, -0.2) is 67.1 Å². The van der Waals surface area contributed by atoms with Gasteiger partial charge < -0.3 is 14.4 Å². The summed E-state index contributed by atoms with van der Waals surface area (Å²) in [5.74, 6) is 1.10. The van der Waals surface area contributed by atoms with Crippen molar-refractivity contribution in [3.05, 3.63) is 40.7 Å². The van der Waals surface area contributed by atoms with E-state index in [1.165, 1.54) is 11.1 Å². The largest absolute Gasteiger partial charge is 0.486 e. The number of hydrogen-bond acceptors (Lipinski definition) is 8. The van der Waals surface area contributed by atoms with Crippen LogP contribution in [0.4, 0.5) is 16.4 Å². The third kappa shape index (κ3) is 5.10. The summed E-state index contributed by atoms with van der Waals surface area (Å²) in [7, 11) is 3.85. The first-order valence-corrected chi connectivity index (χ1v) is 10.8.